The summed E-state index contributed by atoms with van der Waals surface area (Å²) in [5, 5.41) is 0. The molecule has 0 saturated heterocycles. The topological polar surface area (TPSA) is 18.5 Å². The molecule has 1 aromatic carbocycles. The minimum atomic E-state index is 0.564. The summed E-state index contributed by atoms with van der Waals surface area (Å²) >= 11 is 0. The summed E-state index contributed by atoms with van der Waals surface area (Å²) in [6.45, 7) is 26.9. The van der Waals surface area contributed by atoms with Crippen LogP contribution in [0.5, 0.6) is 11.5 Å². The van der Waals surface area contributed by atoms with E-state index in [9.17, 15) is 0 Å². The van der Waals surface area contributed by atoms with Gasteiger partial charge in [0.2, 0.25) is 0 Å². The lowest BCUT2D eigenvalue weighted by atomic mass is 9.87. The van der Waals surface area contributed by atoms with Gasteiger partial charge in [-0.15, -0.1) is 0 Å². The largest absolute Gasteiger partial charge is 0.489 e. The van der Waals surface area contributed by atoms with Crippen molar-refractivity contribution in [3.8, 4) is 11.5 Å². The molecule has 2 heteroatoms. The minimum Gasteiger partial charge on any atom is -0.489 e. The van der Waals surface area contributed by atoms with Crippen LogP contribution in [0.25, 0.3) is 0 Å². The van der Waals surface area contributed by atoms with Gasteiger partial charge in [-0.2, -0.15) is 0 Å². The second-order valence-electron chi connectivity index (χ2n) is 11.7. The third-order valence-electron chi connectivity index (χ3n) is 6.12. The Morgan fingerprint density at radius 1 is 0.368 bits per heavy atom. The molecule has 210 valence electrons. The lowest BCUT2D eigenvalue weighted by Crippen LogP contribution is -2.12. The van der Waals surface area contributed by atoms with Gasteiger partial charge in [0.15, 0.2) is 0 Å². The van der Waals surface area contributed by atoms with E-state index >= 15 is 0 Å². The number of ether oxygens (including phenoxy) is 2. The molecule has 38 heavy (non-hydrogen) atoms. The van der Waals surface area contributed by atoms with Crippen molar-refractivity contribution in [2.75, 3.05) is 13.2 Å². The van der Waals surface area contributed by atoms with E-state index < -0.39 is 0 Å². The summed E-state index contributed by atoms with van der Waals surface area (Å²) in [6.07, 6.45) is 16.9. The van der Waals surface area contributed by atoms with E-state index in [0.29, 0.717) is 13.2 Å². The average molecular weight is 519 g/mol. The first-order valence-electron chi connectivity index (χ1n) is 14.1. The second-order valence-corrected chi connectivity index (χ2v) is 11.7. The highest BCUT2D eigenvalue weighted by Crippen LogP contribution is 2.42. The van der Waals surface area contributed by atoms with Crippen LogP contribution in [0.2, 0.25) is 0 Å². The fourth-order valence-electron chi connectivity index (χ4n) is 3.93. The Kier molecular flexibility index (Phi) is 14.9. The Hall–Kier alpha value is -2.74. The van der Waals surface area contributed by atoms with Crippen LogP contribution in [0.4, 0.5) is 0 Å². The van der Waals surface area contributed by atoms with Gasteiger partial charge in [-0.05, 0) is 121 Å². The van der Waals surface area contributed by atoms with Gasteiger partial charge in [-0.1, -0.05) is 57.7 Å². The van der Waals surface area contributed by atoms with Gasteiger partial charge in [0, 0.05) is 22.3 Å². The molecule has 2 nitrogen and oxygen atoms in total. The van der Waals surface area contributed by atoms with Gasteiger partial charge in [-0.25, -0.2) is 0 Å². The summed E-state index contributed by atoms with van der Waals surface area (Å²) in [5.74, 6) is 2.06. The summed E-state index contributed by atoms with van der Waals surface area (Å²) in [7, 11) is 0. The van der Waals surface area contributed by atoms with E-state index in [1.807, 2.05) is 0 Å². The Morgan fingerprint density at radius 3 is 0.763 bits per heavy atom. The first-order valence-corrected chi connectivity index (χ1v) is 14.1. The molecular formula is C36H54O2. The standard InChI is InChI=1S/C36H54O2/c1-25(2)13-17-31-32(18-14-26(3)4)36(38-24-22-30(11)12)34(20-16-28(7)8)33(19-15-27(5)6)35(31)37-23-21-29(9)10/h13-16,21-22H,17-20,23-24H2,1-12H3. The van der Waals surface area contributed by atoms with Crippen molar-refractivity contribution in [3.05, 3.63) is 92.1 Å². The normalized spacial score (nSPS) is 10.2. The van der Waals surface area contributed by atoms with Gasteiger partial charge < -0.3 is 9.47 Å². The Morgan fingerprint density at radius 2 is 0.579 bits per heavy atom. The number of benzene rings is 1. The molecule has 0 aliphatic heterocycles. The number of allylic oxidation sites excluding steroid dienone is 10. The van der Waals surface area contributed by atoms with Crippen LogP contribution in [0, 0.1) is 0 Å². The Balaban J connectivity index is 4.21. The molecular weight excluding hydrogens is 464 g/mol. The van der Waals surface area contributed by atoms with Crippen LogP contribution >= 0.6 is 0 Å². The van der Waals surface area contributed by atoms with E-state index in [0.717, 1.165) is 37.2 Å². The minimum absolute atomic E-state index is 0.564. The zero-order valence-corrected chi connectivity index (χ0v) is 26.5. The number of rotatable bonds is 14. The first-order chi connectivity index (χ1) is 17.8. The van der Waals surface area contributed by atoms with Crippen LogP contribution in [0.1, 0.15) is 105 Å². The quantitative estimate of drug-likeness (QED) is 0.228. The van der Waals surface area contributed by atoms with E-state index in [1.54, 1.807) is 0 Å². The van der Waals surface area contributed by atoms with Crippen molar-refractivity contribution in [1.29, 1.82) is 0 Å². The highest BCUT2D eigenvalue weighted by atomic mass is 16.5. The molecule has 0 aliphatic rings. The molecule has 0 aliphatic carbocycles. The molecule has 0 atom stereocenters. The monoisotopic (exact) mass is 518 g/mol. The third-order valence-corrected chi connectivity index (χ3v) is 6.12. The summed E-state index contributed by atoms with van der Waals surface area (Å²) in [5.41, 5.74) is 12.7. The maximum absolute atomic E-state index is 6.69. The van der Waals surface area contributed by atoms with Crippen molar-refractivity contribution in [2.45, 2.75) is 109 Å². The summed E-state index contributed by atoms with van der Waals surface area (Å²) in [6, 6.07) is 0. The maximum Gasteiger partial charge on any atom is 0.127 e. The maximum atomic E-state index is 6.69. The summed E-state index contributed by atoms with van der Waals surface area (Å²) in [4.78, 5) is 0. The van der Waals surface area contributed by atoms with Gasteiger partial charge in [-0.3, -0.25) is 0 Å². The SMILES string of the molecule is CC(C)=CCOc1c(CC=C(C)C)c(CC=C(C)C)c(OCC=C(C)C)c(CC=C(C)C)c1CC=C(C)C. The average Bonchev–Trinajstić information content (AvgIpc) is 2.79. The van der Waals surface area contributed by atoms with Crippen molar-refractivity contribution in [3.63, 3.8) is 0 Å². The molecule has 0 bridgehead atoms. The van der Waals surface area contributed by atoms with Gasteiger partial charge >= 0.3 is 0 Å². The van der Waals surface area contributed by atoms with Crippen LogP contribution in [0.15, 0.2) is 69.9 Å². The van der Waals surface area contributed by atoms with Gasteiger partial charge in [0.25, 0.3) is 0 Å². The predicted octanol–water partition coefficient (Wildman–Crippen LogP) is 10.4. The number of hydrogen-bond acceptors (Lipinski definition) is 2. The van der Waals surface area contributed by atoms with E-state index in [2.05, 4.69) is 120 Å². The highest BCUT2D eigenvalue weighted by molar-refractivity contribution is 5.62. The lowest BCUT2D eigenvalue weighted by Gasteiger charge is -2.26. The van der Waals surface area contributed by atoms with Crippen molar-refractivity contribution in [1.82, 2.24) is 0 Å². The smallest absolute Gasteiger partial charge is 0.127 e. The molecule has 0 saturated carbocycles. The molecule has 1 aromatic rings. The molecule has 0 heterocycles. The van der Waals surface area contributed by atoms with Crippen LogP contribution in [0.3, 0.4) is 0 Å². The molecule has 0 unspecified atom stereocenters. The highest BCUT2D eigenvalue weighted by Gasteiger charge is 2.24. The molecule has 0 spiro atoms. The van der Waals surface area contributed by atoms with E-state index in [1.165, 1.54) is 55.7 Å². The van der Waals surface area contributed by atoms with Crippen LogP contribution in [-0.2, 0) is 25.7 Å². The Bertz CT molecular complexity index is 938. The van der Waals surface area contributed by atoms with E-state index in [-0.39, 0.29) is 0 Å². The molecule has 0 amide bonds. The van der Waals surface area contributed by atoms with Crippen LogP contribution in [-0.4, -0.2) is 13.2 Å². The van der Waals surface area contributed by atoms with Crippen LogP contribution < -0.4 is 9.47 Å². The third kappa shape index (κ3) is 12.2. The van der Waals surface area contributed by atoms with Gasteiger partial charge in [0.05, 0.1) is 0 Å². The lowest BCUT2D eigenvalue weighted by molar-refractivity contribution is 0.340. The molecule has 0 radical (unpaired) electrons. The summed E-state index contributed by atoms with van der Waals surface area (Å²) < 4.78 is 13.4. The fourth-order valence-corrected chi connectivity index (χ4v) is 3.93. The second kappa shape index (κ2) is 17.0. The van der Waals surface area contributed by atoms with E-state index in [4.69, 9.17) is 9.47 Å². The van der Waals surface area contributed by atoms with Crippen molar-refractivity contribution < 1.29 is 9.47 Å². The number of hydrogen-bond donors (Lipinski definition) is 0. The zero-order chi connectivity index (χ0) is 28.8. The van der Waals surface area contributed by atoms with Gasteiger partial charge in [0.1, 0.15) is 24.7 Å². The molecule has 1 rings (SSSR count). The molecule has 0 N–H and O–H groups in total. The fraction of sp³-hybridized carbons (Fsp3) is 0.500. The predicted molar refractivity (Wildman–Crippen MR) is 169 cm³/mol. The first kappa shape index (κ1) is 33.3. The zero-order valence-electron chi connectivity index (χ0n) is 26.5. The van der Waals surface area contributed by atoms with Crippen molar-refractivity contribution in [2.24, 2.45) is 0 Å². The Labute approximate surface area is 234 Å². The molecule has 0 aromatic heterocycles. The molecule has 0 fully saturated rings. The van der Waals surface area contributed by atoms with Crippen molar-refractivity contribution >= 4 is 0 Å².